The molecule has 0 unspecified atom stereocenters. The maximum Gasteiger partial charge on any atom is 0.261 e. The molecular weight excluding hydrogens is 380 g/mol. The molecule has 1 aliphatic heterocycles. The Bertz CT molecular complexity index is 938. The lowest BCUT2D eigenvalue weighted by molar-refractivity contribution is -0.116. The van der Waals surface area contributed by atoms with Gasteiger partial charge in [0, 0.05) is 24.1 Å². The summed E-state index contributed by atoms with van der Waals surface area (Å²) in [5.74, 6) is 1.21. The first kappa shape index (κ1) is 19.8. The molecule has 0 fully saturated rings. The Morgan fingerprint density at radius 3 is 2.48 bits per heavy atom. The third kappa shape index (κ3) is 4.47. The van der Waals surface area contributed by atoms with Gasteiger partial charge < -0.3 is 4.90 Å². The number of hydrogen-bond donors (Lipinski definition) is 1. The van der Waals surface area contributed by atoms with Crippen molar-refractivity contribution in [2.75, 3.05) is 21.9 Å². The number of carbonyl (C=O) groups is 1. The Balaban J connectivity index is 1.92. The standard InChI is InChI=1S/C20H24N2O3S2/c1-14(2)16-5-7-17(8-6-16)21-27(24,25)18-9-10-20-19(13-18)22(15(3)23)11-4-12-26-20/h5-10,13-14,21H,4,11-12H2,1-3H3. The van der Waals surface area contributed by atoms with Crippen LogP contribution >= 0.6 is 11.8 Å². The van der Waals surface area contributed by atoms with Crippen LogP contribution in [0.1, 0.15) is 38.7 Å². The number of carbonyl (C=O) groups excluding carboxylic acids is 1. The molecular formula is C20H24N2O3S2. The molecule has 1 N–H and O–H groups in total. The lowest BCUT2D eigenvalue weighted by Gasteiger charge is -2.21. The van der Waals surface area contributed by atoms with Gasteiger partial charge in [0.1, 0.15) is 0 Å². The lowest BCUT2D eigenvalue weighted by atomic mass is 10.0. The molecule has 1 amide bonds. The maximum absolute atomic E-state index is 12.8. The van der Waals surface area contributed by atoms with Crippen LogP contribution in [0.5, 0.6) is 0 Å². The third-order valence-corrected chi connectivity index (χ3v) is 7.05. The summed E-state index contributed by atoms with van der Waals surface area (Å²) in [5, 5.41) is 0. The molecule has 7 heteroatoms. The van der Waals surface area contributed by atoms with Crippen LogP contribution in [0.25, 0.3) is 0 Å². The maximum atomic E-state index is 12.8. The Morgan fingerprint density at radius 2 is 1.85 bits per heavy atom. The van der Waals surface area contributed by atoms with Gasteiger partial charge >= 0.3 is 0 Å². The van der Waals surface area contributed by atoms with Gasteiger partial charge in [-0.1, -0.05) is 26.0 Å². The minimum atomic E-state index is -3.74. The number of fused-ring (bicyclic) bond motifs is 1. The molecule has 2 aromatic rings. The molecule has 0 spiro atoms. The molecule has 0 bridgehead atoms. The molecule has 0 saturated carbocycles. The number of anilines is 2. The number of rotatable bonds is 4. The van der Waals surface area contributed by atoms with E-state index < -0.39 is 10.0 Å². The van der Waals surface area contributed by atoms with Crippen molar-refractivity contribution in [2.45, 2.75) is 42.9 Å². The topological polar surface area (TPSA) is 66.5 Å². The predicted octanol–water partition coefficient (Wildman–Crippen LogP) is 4.46. The molecule has 0 aromatic heterocycles. The number of thioether (sulfide) groups is 1. The van der Waals surface area contributed by atoms with Crippen LogP contribution in [0.15, 0.2) is 52.3 Å². The van der Waals surface area contributed by atoms with Crippen LogP contribution < -0.4 is 9.62 Å². The zero-order valence-corrected chi connectivity index (χ0v) is 17.4. The molecule has 0 atom stereocenters. The SMILES string of the molecule is CC(=O)N1CCCSc2ccc(S(=O)(=O)Nc3ccc(C(C)C)cc3)cc21. The van der Waals surface area contributed by atoms with E-state index in [-0.39, 0.29) is 10.8 Å². The van der Waals surface area contributed by atoms with E-state index in [1.165, 1.54) is 6.92 Å². The third-order valence-electron chi connectivity index (χ3n) is 4.52. The van der Waals surface area contributed by atoms with Gasteiger partial charge in [-0.05, 0) is 54.0 Å². The fourth-order valence-corrected chi connectivity index (χ4v) is 5.05. The fourth-order valence-electron chi connectivity index (χ4n) is 3.00. The molecule has 0 aliphatic carbocycles. The quantitative estimate of drug-likeness (QED) is 0.817. The van der Waals surface area contributed by atoms with Gasteiger partial charge in [0.15, 0.2) is 0 Å². The van der Waals surface area contributed by atoms with Crippen LogP contribution in [0, 0.1) is 0 Å². The number of hydrogen-bond acceptors (Lipinski definition) is 4. The minimum Gasteiger partial charge on any atom is -0.311 e. The number of amides is 1. The van der Waals surface area contributed by atoms with Crippen molar-refractivity contribution in [3.05, 3.63) is 48.0 Å². The molecule has 27 heavy (non-hydrogen) atoms. The van der Waals surface area contributed by atoms with Gasteiger partial charge in [-0.15, -0.1) is 11.8 Å². The highest BCUT2D eigenvalue weighted by Gasteiger charge is 2.23. The van der Waals surface area contributed by atoms with Crippen molar-refractivity contribution >= 4 is 39.1 Å². The normalized spacial score (nSPS) is 14.6. The summed E-state index contributed by atoms with van der Waals surface area (Å²) < 4.78 is 28.3. The lowest BCUT2D eigenvalue weighted by Crippen LogP contribution is -2.29. The summed E-state index contributed by atoms with van der Waals surface area (Å²) in [6.45, 7) is 6.29. The number of nitrogens with one attached hydrogen (secondary N) is 1. The van der Waals surface area contributed by atoms with E-state index >= 15 is 0 Å². The minimum absolute atomic E-state index is 0.0782. The summed E-state index contributed by atoms with van der Waals surface area (Å²) in [4.78, 5) is 14.8. The Hall–Kier alpha value is -1.99. The van der Waals surface area contributed by atoms with Crippen LogP contribution in [0.4, 0.5) is 11.4 Å². The number of nitrogens with zero attached hydrogens (tertiary/aromatic N) is 1. The monoisotopic (exact) mass is 404 g/mol. The molecule has 2 aromatic carbocycles. The second-order valence-corrected chi connectivity index (χ2v) is 9.70. The van der Waals surface area contributed by atoms with E-state index in [0.29, 0.717) is 23.8 Å². The predicted molar refractivity (Wildman–Crippen MR) is 111 cm³/mol. The molecule has 144 valence electrons. The molecule has 0 radical (unpaired) electrons. The van der Waals surface area contributed by atoms with Gasteiger partial charge in [-0.2, -0.15) is 0 Å². The second kappa shape index (κ2) is 7.94. The second-order valence-electron chi connectivity index (χ2n) is 6.88. The van der Waals surface area contributed by atoms with E-state index in [1.807, 2.05) is 12.1 Å². The summed E-state index contributed by atoms with van der Waals surface area (Å²) >= 11 is 1.65. The average molecular weight is 405 g/mol. The van der Waals surface area contributed by atoms with E-state index in [2.05, 4.69) is 18.6 Å². The number of benzene rings is 2. The van der Waals surface area contributed by atoms with Crippen LogP contribution in [0.3, 0.4) is 0 Å². The van der Waals surface area contributed by atoms with Crippen molar-refractivity contribution in [1.29, 1.82) is 0 Å². The highest BCUT2D eigenvalue weighted by molar-refractivity contribution is 7.99. The van der Waals surface area contributed by atoms with Gasteiger partial charge in [0.05, 0.1) is 10.6 Å². The van der Waals surface area contributed by atoms with Gasteiger partial charge in [-0.25, -0.2) is 8.42 Å². The highest BCUT2D eigenvalue weighted by Crippen LogP contribution is 2.36. The summed E-state index contributed by atoms with van der Waals surface area (Å²) in [5.41, 5.74) is 2.34. The zero-order chi connectivity index (χ0) is 19.6. The first-order valence-electron chi connectivity index (χ1n) is 8.95. The largest absolute Gasteiger partial charge is 0.311 e. The van der Waals surface area contributed by atoms with Crippen molar-refractivity contribution in [1.82, 2.24) is 0 Å². The Labute approximate surface area is 165 Å². The Kier molecular flexibility index (Phi) is 5.81. The van der Waals surface area contributed by atoms with Crippen LogP contribution in [-0.4, -0.2) is 26.6 Å². The number of sulfonamides is 1. The molecule has 1 heterocycles. The van der Waals surface area contributed by atoms with E-state index in [9.17, 15) is 13.2 Å². The molecule has 5 nitrogen and oxygen atoms in total. The smallest absolute Gasteiger partial charge is 0.261 e. The molecule has 3 rings (SSSR count). The highest BCUT2D eigenvalue weighted by atomic mass is 32.2. The van der Waals surface area contributed by atoms with Gasteiger partial charge in [0.2, 0.25) is 5.91 Å². The first-order valence-corrected chi connectivity index (χ1v) is 11.4. The zero-order valence-electron chi connectivity index (χ0n) is 15.7. The van der Waals surface area contributed by atoms with E-state index in [0.717, 1.165) is 22.6 Å². The van der Waals surface area contributed by atoms with Crippen molar-refractivity contribution in [2.24, 2.45) is 0 Å². The van der Waals surface area contributed by atoms with Gasteiger partial charge in [-0.3, -0.25) is 9.52 Å². The fraction of sp³-hybridized carbons (Fsp3) is 0.350. The van der Waals surface area contributed by atoms with Crippen molar-refractivity contribution in [3.8, 4) is 0 Å². The van der Waals surface area contributed by atoms with Crippen LogP contribution in [-0.2, 0) is 14.8 Å². The average Bonchev–Trinajstić information content (AvgIpc) is 2.83. The van der Waals surface area contributed by atoms with Crippen LogP contribution in [0.2, 0.25) is 0 Å². The van der Waals surface area contributed by atoms with Crippen molar-refractivity contribution < 1.29 is 13.2 Å². The summed E-state index contributed by atoms with van der Waals surface area (Å²) in [6, 6.07) is 12.4. The van der Waals surface area contributed by atoms with Crippen molar-refractivity contribution in [3.63, 3.8) is 0 Å². The van der Waals surface area contributed by atoms with E-state index in [4.69, 9.17) is 0 Å². The van der Waals surface area contributed by atoms with E-state index in [1.54, 1.807) is 47.0 Å². The van der Waals surface area contributed by atoms with Gasteiger partial charge in [0.25, 0.3) is 10.0 Å². The summed E-state index contributed by atoms with van der Waals surface area (Å²) in [7, 11) is -3.74. The Morgan fingerprint density at radius 1 is 1.15 bits per heavy atom. The molecule has 1 aliphatic rings. The first-order chi connectivity index (χ1) is 12.8. The molecule has 0 saturated heterocycles. The summed E-state index contributed by atoms with van der Waals surface area (Å²) in [6.07, 6.45) is 0.876.